The zero-order chi connectivity index (χ0) is 19.3. The Morgan fingerprint density at radius 2 is 1.61 bits per heavy atom. The molecule has 0 bridgehead atoms. The minimum absolute atomic E-state index is 0.0115. The molecule has 0 saturated carbocycles. The van der Waals surface area contributed by atoms with E-state index in [1.165, 1.54) is 0 Å². The van der Waals surface area contributed by atoms with Crippen molar-refractivity contribution in [2.75, 3.05) is 5.32 Å². The van der Waals surface area contributed by atoms with Gasteiger partial charge in [-0.1, -0.05) is 51.4 Å². The maximum Gasteiger partial charge on any atom is 0.322 e. The first-order valence-corrected chi connectivity index (χ1v) is 9.21. The van der Waals surface area contributed by atoms with Crippen molar-refractivity contribution in [1.29, 1.82) is 0 Å². The van der Waals surface area contributed by atoms with Gasteiger partial charge in [0.15, 0.2) is 0 Å². The molecule has 0 aliphatic heterocycles. The van der Waals surface area contributed by atoms with Gasteiger partial charge in [-0.25, -0.2) is 0 Å². The lowest BCUT2D eigenvalue weighted by atomic mass is 10.2. The molecule has 28 heavy (non-hydrogen) atoms. The molecule has 0 unspecified atom stereocenters. The number of para-hydroxylation sites is 2. The quantitative estimate of drug-likeness (QED) is 0.444. The number of nitrogens with zero attached hydrogens (tertiary/aromatic N) is 2. The number of hydrogen-bond donors (Lipinski definition) is 1. The van der Waals surface area contributed by atoms with Crippen LogP contribution in [0, 0.1) is 0 Å². The highest BCUT2D eigenvalue weighted by Gasteiger charge is 2.16. The third kappa shape index (κ3) is 4.10. The van der Waals surface area contributed by atoms with Gasteiger partial charge in [0.1, 0.15) is 11.5 Å². The SMILES string of the molecule is O=C(Nc1nnc(-c2ccc(Br)cc2)o1)c1ccccc1Oc1ccccc1. The van der Waals surface area contributed by atoms with Crippen LogP contribution in [0.25, 0.3) is 11.5 Å². The number of benzene rings is 3. The summed E-state index contributed by atoms with van der Waals surface area (Å²) in [6.07, 6.45) is 0. The molecule has 1 aromatic heterocycles. The predicted molar refractivity (Wildman–Crippen MR) is 108 cm³/mol. The van der Waals surface area contributed by atoms with Crippen molar-refractivity contribution in [3.63, 3.8) is 0 Å². The van der Waals surface area contributed by atoms with Gasteiger partial charge in [0.25, 0.3) is 5.91 Å². The van der Waals surface area contributed by atoms with Crippen LogP contribution in [0.5, 0.6) is 11.5 Å². The van der Waals surface area contributed by atoms with Gasteiger partial charge in [-0.05, 0) is 48.5 Å². The maximum atomic E-state index is 12.7. The summed E-state index contributed by atoms with van der Waals surface area (Å²) in [5, 5.41) is 10.5. The molecule has 3 aromatic carbocycles. The Morgan fingerprint density at radius 1 is 0.893 bits per heavy atom. The maximum absolute atomic E-state index is 12.7. The number of halogens is 1. The number of aromatic nitrogens is 2. The van der Waals surface area contributed by atoms with E-state index < -0.39 is 5.91 Å². The molecule has 0 spiro atoms. The number of amides is 1. The van der Waals surface area contributed by atoms with Crippen LogP contribution in [0.4, 0.5) is 6.01 Å². The average Bonchev–Trinajstić information content (AvgIpc) is 3.18. The highest BCUT2D eigenvalue weighted by molar-refractivity contribution is 9.10. The van der Waals surface area contributed by atoms with E-state index in [2.05, 4.69) is 31.4 Å². The van der Waals surface area contributed by atoms with Crippen molar-refractivity contribution >= 4 is 27.9 Å². The fourth-order valence-corrected chi connectivity index (χ4v) is 2.77. The number of carbonyl (C=O) groups excluding carboxylic acids is 1. The summed E-state index contributed by atoms with van der Waals surface area (Å²) in [5.41, 5.74) is 1.11. The number of ether oxygens (including phenoxy) is 1. The van der Waals surface area contributed by atoms with Crippen LogP contribution in [0.15, 0.2) is 87.8 Å². The summed E-state index contributed by atoms with van der Waals surface area (Å²) in [5.74, 6) is 0.978. The van der Waals surface area contributed by atoms with Crippen molar-refractivity contribution < 1.29 is 13.9 Å². The van der Waals surface area contributed by atoms with Crippen molar-refractivity contribution in [3.8, 4) is 23.0 Å². The summed E-state index contributed by atoms with van der Waals surface area (Å²) in [6.45, 7) is 0. The van der Waals surface area contributed by atoms with E-state index in [4.69, 9.17) is 9.15 Å². The summed E-state index contributed by atoms with van der Waals surface area (Å²) in [7, 11) is 0. The predicted octanol–water partition coefficient (Wildman–Crippen LogP) is 5.54. The van der Waals surface area contributed by atoms with Crippen LogP contribution in [0.1, 0.15) is 10.4 Å². The molecule has 7 heteroatoms. The minimum atomic E-state index is -0.405. The molecule has 4 rings (SSSR count). The van der Waals surface area contributed by atoms with Crippen LogP contribution in [0.2, 0.25) is 0 Å². The van der Waals surface area contributed by atoms with Crippen LogP contribution in [-0.2, 0) is 0 Å². The van der Waals surface area contributed by atoms with E-state index >= 15 is 0 Å². The molecule has 6 nitrogen and oxygen atoms in total. The van der Waals surface area contributed by atoms with E-state index in [9.17, 15) is 4.79 Å². The lowest BCUT2D eigenvalue weighted by Gasteiger charge is -2.10. The monoisotopic (exact) mass is 435 g/mol. The van der Waals surface area contributed by atoms with E-state index in [-0.39, 0.29) is 6.01 Å². The van der Waals surface area contributed by atoms with Crippen LogP contribution in [0.3, 0.4) is 0 Å². The van der Waals surface area contributed by atoms with Gasteiger partial charge in [0, 0.05) is 10.0 Å². The smallest absolute Gasteiger partial charge is 0.322 e. The Balaban J connectivity index is 1.52. The fraction of sp³-hybridized carbons (Fsp3) is 0. The van der Waals surface area contributed by atoms with Crippen LogP contribution in [-0.4, -0.2) is 16.1 Å². The van der Waals surface area contributed by atoms with Gasteiger partial charge in [0.2, 0.25) is 5.89 Å². The highest BCUT2D eigenvalue weighted by Crippen LogP contribution is 2.26. The van der Waals surface area contributed by atoms with Gasteiger partial charge in [-0.15, -0.1) is 5.10 Å². The Morgan fingerprint density at radius 3 is 2.39 bits per heavy atom. The van der Waals surface area contributed by atoms with Crippen molar-refractivity contribution in [2.24, 2.45) is 0 Å². The molecule has 0 atom stereocenters. The van der Waals surface area contributed by atoms with Gasteiger partial charge in [0.05, 0.1) is 5.56 Å². The number of carbonyl (C=O) groups is 1. The molecule has 0 aliphatic carbocycles. The second-order valence-corrected chi connectivity index (χ2v) is 6.70. The zero-order valence-electron chi connectivity index (χ0n) is 14.5. The molecule has 0 radical (unpaired) electrons. The largest absolute Gasteiger partial charge is 0.457 e. The molecule has 4 aromatic rings. The number of rotatable bonds is 5. The first kappa shape index (κ1) is 17.9. The Bertz CT molecular complexity index is 1100. The van der Waals surface area contributed by atoms with E-state index in [1.807, 2.05) is 54.6 Å². The van der Waals surface area contributed by atoms with Crippen molar-refractivity contribution in [3.05, 3.63) is 88.9 Å². The topological polar surface area (TPSA) is 77.3 Å². The third-order valence-electron chi connectivity index (χ3n) is 3.84. The van der Waals surface area contributed by atoms with Crippen molar-refractivity contribution in [2.45, 2.75) is 0 Å². The zero-order valence-corrected chi connectivity index (χ0v) is 16.1. The average molecular weight is 436 g/mol. The molecule has 1 heterocycles. The highest BCUT2D eigenvalue weighted by atomic mass is 79.9. The number of anilines is 1. The molecule has 138 valence electrons. The normalized spacial score (nSPS) is 10.5. The van der Waals surface area contributed by atoms with Gasteiger partial charge in [-0.3, -0.25) is 10.1 Å². The van der Waals surface area contributed by atoms with Gasteiger partial charge in [-0.2, -0.15) is 0 Å². The second kappa shape index (κ2) is 8.06. The van der Waals surface area contributed by atoms with E-state index in [0.29, 0.717) is 23.0 Å². The van der Waals surface area contributed by atoms with E-state index in [0.717, 1.165) is 10.0 Å². The first-order valence-electron chi connectivity index (χ1n) is 8.42. The van der Waals surface area contributed by atoms with Crippen molar-refractivity contribution in [1.82, 2.24) is 10.2 Å². The summed E-state index contributed by atoms with van der Waals surface area (Å²) in [6, 6.07) is 23.6. The lowest BCUT2D eigenvalue weighted by Crippen LogP contribution is -2.13. The molecular formula is C21H14BrN3O3. The fourth-order valence-electron chi connectivity index (χ4n) is 2.51. The molecule has 0 fully saturated rings. The number of nitrogens with one attached hydrogen (secondary N) is 1. The summed E-state index contributed by atoms with van der Waals surface area (Å²) >= 11 is 3.38. The first-order chi connectivity index (χ1) is 13.7. The van der Waals surface area contributed by atoms with Gasteiger partial charge < -0.3 is 9.15 Å². The Hall–Kier alpha value is -3.45. The standard InChI is InChI=1S/C21H14BrN3O3/c22-15-12-10-14(11-13-15)20-24-25-21(28-20)23-19(26)17-8-4-5-9-18(17)27-16-6-2-1-3-7-16/h1-13H,(H,23,25,26). The molecule has 0 saturated heterocycles. The van der Waals surface area contributed by atoms with Gasteiger partial charge >= 0.3 is 6.01 Å². The third-order valence-corrected chi connectivity index (χ3v) is 4.37. The van der Waals surface area contributed by atoms with Crippen LogP contribution >= 0.6 is 15.9 Å². The van der Waals surface area contributed by atoms with Crippen LogP contribution < -0.4 is 10.1 Å². The van der Waals surface area contributed by atoms with E-state index in [1.54, 1.807) is 24.3 Å². The Labute approximate surface area is 169 Å². The molecule has 0 aliphatic rings. The number of hydrogen-bond acceptors (Lipinski definition) is 5. The summed E-state index contributed by atoms with van der Waals surface area (Å²) in [4.78, 5) is 12.7. The summed E-state index contributed by atoms with van der Waals surface area (Å²) < 4.78 is 12.3. The minimum Gasteiger partial charge on any atom is -0.457 e. The molecule has 1 amide bonds. The molecule has 1 N–H and O–H groups in total. The Kier molecular flexibility index (Phi) is 5.16. The lowest BCUT2D eigenvalue weighted by molar-refractivity contribution is 0.102. The molecular weight excluding hydrogens is 422 g/mol. The second-order valence-electron chi connectivity index (χ2n) is 5.78.